The molecule has 1 saturated heterocycles. The van der Waals surface area contributed by atoms with Gasteiger partial charge in [-0.3, -0.25) is 0 Å². The molecule has 22 heavy (non-hydrogen) atoms. The minimum absolute atomic E-state index is 0.535. The number of unbranched alkanes of at least 4 members (excludes halogenated alkanes) is 1. The van der Waals surface area contributed by atoms with Crippen LogP contribution in [0.2, 0.25) is 0 Å². The Hall–Kier alpha value is -1.02. The molecule has 1 heterocycles. The van der Waals surface area contributed by atoms with Crippen molar-refractivity contribution in [3.63, 3.8) is 0 Å². The van der Waals surface area contributed by atoms with Gasteiger partial charge < -0.3 is 10.6 Å². The first-order valence-corrected chi connectivity index (χ1v) is 8.97. The van der Waals surface area contributed by atoms with E-state index >= 15 is 0 Å². The molecular formula is C20H32N2. The number of likely N-dealkylation sites (tertiary alicyclic amines) is 1. The highest BCUT2D eigenvalue weighted by Gasteiger charge is 2.54. The summed E-state index contributed by atoms with van der Waals surface area (Å²) < 4.78 is 0. The molecule has 2 nitrogen and oxygen atoms in total. The lowest BCUT2D eigenvalue weighted by Gasteiger charge is -2.50. The Kier molecular flexibility index (Phi) is 4.24. The summed E-state index contributed by atoms with van der Waals surface area (Å²) >= 11 is 0. The summed E-state index contributed by atoms with van der Waals surface area (Å²) in [6.07, 6.45) is 6.64. The van der Waals surface area contributed by atoms with Gasteiger partial charge in [-0.05, 0) is 73.1 Å². The van der Waals surface area contributed by atoms with Crippen LogP contribution in [0.1, 0.15) is 52.0 Å². The first-order chi connectivity index (χ1) is 10.4. The Balaban J connectivity index is 1.45. The van der Waals surface area contributed by atoms with Crippen molar-refractivity contribution >= 4 is 5.69 Å². The highest BCUT2D eigenvalue weighted by atomic mass is 15.2. The molecule has 3 rings (SSSR count). The normalized spacial score (nSPS) is 30.6. The van der Waals surface area contributed by atoms with Crippen molar-refractivity contribution in [2.45, 2.75) is 52.9 Å². The fraction of sp³-hybridized carbons (Fsp3) is 0.700. The van der Waals surface area contributed by atoms with Crippen molar-refractivity contribution in [2.24, 2.45) is 16.7 Å². The lowest BCUT2D eigenvalue weighted by molar-refractivity contribution is -0.0179. The molecule has 1 aliphatic heterocycles. The molecule has 2 fully saturated rings. The summed E-state index contributed by atoms with van der Waals surface area (Å²) in [6, 6.07) is 8.36. The standard InChI is InChI=1S/C20H32N2/c1-19(2)17-11-12-20(19,3)15-22(14-17)13-5-4-6-16-7-9-18(21)10-8-16/h7-10,17H,4-6,11-15,21H2,1-3H3/t17?,20-/m0/s1. The molecule has 1 aromatic carbocycles. The topological polar surface area (TPSA) is 29.3 Å². The number of nitrogens with two attached hydrogens (primary N) is 1. The number of benzene rings is 1. The predicted octanol–water partition coefficient (Wildman–Crippen LogP) is 4.35. The maximum atomic E-state index is 5.74. The number of piperidine rings is 1. The van der Waals surface area contributed by atoms with Crippen LogP contribution in [0.15, 0.2) is 24.3 Å². The van der Waals surface area contributed by atoms with Gasteiger partial charge in [0.1, 0.15) is 0 Å². The zero-order valence-electron chi connectivity index (χ0n) is 14.6. The number of nitrogens with zero attached hydrogens (tertiary/aromatic N) is 1. The number of anilines is 1. The average molecular weight is 300 g/mol. The van der Waals surface area contributed by atoms with Gasteiger partial charge in [0.15, 0.2) is 0 Å². The van der Waals surface area contributed by atoms with E-state index in [0.29, 0.717) is 10.8 Å². The van der Waals surface area contributed by atoms with E-state index in [4.69, 9.17) is 5.73 Å². The van der Waals surface area contributed by atoms with Crippen LogP contribution in [0.3, 0.4) is 0 Å². The van der Waals surface area contributed by atoms with Gasteiger partial charge in [-0.2, -0.15) is 0 Å². The molecule has 2 bridgehead atoms. The molecule has 122 valence electrons. The van der Waals surface area contributed by atoms with E-state index in [2.05, 4.69) is 37.8 Å². The molecule has 2 atom stereocenters. The molecule has 2 N–H and O–H groups in total. The van der Waals surface area contributed by atoms with Gasteiger partial charge in [-0.1, -0.05) is 32.9 Å². The average Bonchev–Trinajstić information content (AvgIpc) is 2.63. The zero-order chi connectivity index (χ0) is 15.8. The number of hydrogen-bond acceptors (Lipinski definition) is 2. The van der Waals surface area contributed by atoms with Gasteiger partial charge in [0.25, 0.3) is 0 Å². The van der Waals surface area contributed by atoms with E-state index in [0.717, 1.165) is 11.6 Å². The second kappa shape index (κ2) is 5.88. The molecule has 0 amide bonds. The summed E-state index contributed by atoms with van der Waals surface area (Å²) in [7, 11) is 0. The van der Waals surface area contributed by atoms with Crippen molar-refractivity contribution in [3.8, 4) is 0 Å². The maximum Gasteiger partial charge on any atom is 0.0314 e. The Morgan fingerprint density at radius 1 is 1.14 bits per heavy atom. The minimum Gasteiger partial charge on any atom is -0.399 e. The van der Waals surface area contributed by atoms with Crippen molar-refractivity contribution < 1.29 is 0 Å². The molecule has 2 aliphatic rings. The fourth-order valence-electron chi connectivity index (χ4n) is 4.66. The van der Waals surface area contributed by atoms with Gasteiger partial charge in [0.2, 0.25) is 0 Å². The summed E-state index contributed by atoms with van der Waals surface area (Å²) in [6.45, 7) is 11.4. The third kappa shape index (κ3) is 2.90. The van der Waals surface area contributed by atoms with E-state index in [1.807, 2.05) is 12.1 Å². The smallest absolute Gasteiger partial charge is 0.0314 e. The van der Waals surface area contributed by atoms with E-state index in [9.17, 15) is 0 Å². The lowest BCUT2D eigenvalue weighted by Crippen LogP contribution is -2.52. The number of fused-ring (bicyclic) bond motifs is 2. The third-order valence-corrected chi connectivity index (χ3v) is 6.84. The summed E-state index contributed by atoms with van der Waals surface area (Å²) in [5, 5.41) is 0. The highest BCUT2D eigenvalue weighted by molar-refractivity contribution is 5.39. The predicted molar refractivity (Wildman–Crippen MR) is 94.8 cm³/mol. The van der Waals surface area contributed by atoms with Crippen LogP contribution in [0.5, 0.6) is 0 Å². The van der Waals surface area contributed by atoms with E-state index in [-0.39, 0.29) is 0 Å². The number of rotatable bonds is 5. The van der Waals surface area contributed by atoms with E-state index in [1.165, 1.54) is 57.3 Å². The SMILES string of the molecule is CC1(C)C2CC[C@@]1(C)CN(CCCCc1ccc(N)cc1)C2. The molecule has 1 aliphatic carbocycles. The first kappa shape index (κ1) is 15.9. The van der Waals surface area contributed by atoms with Gasteiger partial charge in [-0.25, -0.2) is 0 Å². The van der Waals surface area contributed by atoms with Gasteiger partial charge in [-0.15, -0.1) is 0 Å². The molecule has 1 saturated carbocycles. The fourth-order valence-corrected chi connectivity index (χ4v) is 4.66. The molecule has 0 aromatic heterocycles. The number of aryl methyl sites for hydroxylation is 1. The van der Waals surface area contributed by atoms with Crippen molar-refractivity contribution in [2.75, 3.05) is 25.4 Å². The quantitative estimate of drug-likeness (QED) is 0.647. The van der Waals surface area contributed by atoms with Crippen LogP contribution in [0.4, 0.5) is 5.69 Å². The zero-order valence-corrected chi connectivity index (χ0v) is 14.6. The Morgan fingerprint density at radius 3 is 2.55 bits per heavy atom. The van der Waals surface area contributed by atoms with Crippen LogP contribution in [0.25, 0.3) is 0 Å². The molecule has 1 aromatic rings. The third-order valence-electron chi connectivity index (χ3n) is 6.84. The van der Waals surface area contributed by atoms with Crippen LogP contribution in [-0.2, 0) is 6.42 Å². The minimum atomic E-state index is 0.535. The monoisotopic (exact) mass is 300 g/mol. The Bertz CT molecular complexity index is 505. The van der Waals surface area contributed by atoms with E-state index in [1.54, 1.807) is 0 Å². The van der Waals surface area contributed by atoms with Gasteiger partial charge in [0.05, 0.1) is 0 Å². The van der Waals surface area contributed by atoms with E-state index < -0.39 is 0 Å². The molecule has 2 heteroatoms. The van der Waals surface area contributed by atoms with Gasteiger partial charge >= 0.3 is 0 Å². The number of hydrogen-bond donors (Lipinski definition) is 1. The van der Waals surface area contributed by atoms with Crippen molar-refractivity contribution in [1.29, 1.82) is 0 Å². The Morgan fingerprint density at radius 2 is 1.86 bits per heavy atom. The van der Waals surface area contributed by atoms with Crippen molar-refractivity contribution in [1.82, 2.24) is 4.90 Å². The summed E-state index contributed by atoms with van der Waals surface area (Å²) in [5.74, 6) is 0.906. The van der Waals surface area contributed by atoms with Crippen LogP contribution in [-0.4, -0.2) is 24.5 Å². The molecule has 0 radical (unpaired) electrons. The van der Waals surface area contributed by atoms with Gasteiger partial charge in [0, 0.05) is 18.8 Å². The second-order valence-corrected chi connectivity index (χ2v) is 8.45. The summed E-state index contributed by atoms with van der Waals surface area (Å²) in [5.41, 5.74) is 9.09. The summed E-state index contributed by atoms with van der Waals surface area (Å²) in [4.78, 5) is 2.74. The number of nitrogen functional groups attached to an aromatic ring is 1. The molecule has 0 spiro atoms. The van der Waals surface area contributed by atoms with Crippen LogP contribution >= 0.6 is 0 Å². The largest absolute Gasteiger partial charge is 0.399 e. The lowest BCUT2D eigenvalue weighted by atomic mass is 9.63. The van der Waals surface area contributed by atoms with Crippen LogP contribution < -0.4 is 5.73 Å². The second-order valence-electron chi connectivity index (χ2n) is 8.45. The molecular weight excluding hydrogens is 268 g/mol. The van der Waals surface area contributed by atoms with Crippen molar-refractivity contribution in [3.05, 3.63) is 29.8 Å². The maximum absolute atomic E-state index is 5.74. The molecule has 1 unspecified atom stereocenters. The van der Waals surface area contributed by atoms with Crippen LogP contribution in [0, 0.1) is 16.7 Å². The first-order valence-electron chi connectivity index (χ1n) is 8.97. The highest BCUT2D eigenvalue weighted by Crippen LogP contribution is 2.58. The Labute approximate surface area is 136 Å².